The number of rotatable bonds is 5. The van der Waals surface area contributed by atoms with Crippen LogP contribution in [-0.4, -0.2) is 15.9 Å². The maximum Gasteiger partial charge on any atom is 0.224 e. The van der Waals surface area contributed by atoms with E-state index in [0.717, 1.165) is 22.5 Å². The van der Waals surface area contributed by atoms with Crippen LogP contribution in [0.15, 0.2) is 73.1 Å². The predicted molar refractivity (Wildman–Crippen MR) is 89.5 cm³/mol. The van der Waals surface area contributed by atoms with Crippen LogP contribution < -0.4 is 5.32 Å². The molecule has 0 atom stereocenters. The van der Waals surface area contributed by atoms with Crippen LogP contribution in [0.5, 0.6) is 0 Å². The number of nitrogens with zero attached hydrogens (tertiary/aromatic N) is 2. The lowest BCUT2D eigenvalue weighted by Crippen LogP contribution is -2.25. The lowest BCUT2D eigenvalue weighted by Gasteiger charge is -2.06. The Bertz CT molecular complexity index is 773. The third-order valence-corrected chi connectivity index (χ3v) is 3.47. The van der Waals surface area contributed by atoms with Crippen LogP contribution in [0, 0.1) is 0 Å². The lowest BCUT2D eigenvalue weighted by atomic mass is 10.1. The van der Waals surface area contributed by atoms with Crippen molar-refractivity contribution in [2.24, 2.45) is 0 Å². The van der Waals surface area contributed by atoms with Gasteiger partial charge in [-0.25, -0.2) is 9.97 Å². The summed E-state index contributed by atoms with van der Waals surface area (Å²) in [6, 6.07) is 21.5. The number of hydrogen-bond acceptors (Lipinski definition) is 3. The van der Waals surface area contributed by atoms with Gasteiger partial charge in [-0.2, -0.15) is 0 Å². The van der Waals surface area contributed by atoms with Crippen molar-refractivity contribution in [1.82, 2.24) is 15.3 Å². The Kier molecular flexibility index (Phi) is 4.74. The van der Waals surface area contributed by atoms with E-state index >= 15 is 0 Å². The van der Waals surface area contributed by atoms with Gasteiger partial charge in [-0.05, 0) is 11.6 Å². The van der Waals surface area contributed by atoms with E-state index in [1.165, 1.54) is 6.33 Å². The summed E-state index contributed by atoms with van der Waals surface area (Å²) < 4.78 is 0. The van der Waals surface area contributed by atoms with Crippen LogP contribution in [0.25, 0.3) is 11.3 Å². The Balaban J connectivity index is 1.61. The SMILES string of the molecule is O=C(Cc1ccccc1)NCc1cc(-c2ccccc2)ncn1. The number of hydrogen-bond donors (Lipinski definition) is 1. The largest absolute Gasteiger partial charge is 0.350 e. The fraction of sp³-hybridized carbons (Fsp3) is 0.105. The molecule has 0 unspecified atom stereocenters. The van der Waals surface area contributed by atoms with E-state index in [4.69, 9.17) is 0 Å². The summed E-state index contributed by atoms with van der Waals surface area (Å²) in [6.45, 7) is 0.397. The van der Waals surface area contributed by atoms with Gasteiger partial charge in [0.05, 0.1) is 24.4 Å². The normalized spacial score (nSPS) is 10.3. The van der Waals surface area contributed by atoms with Gasteiger partial charge in [0.1, 0.15) is 6.33 Å². The van der Waals surface area contributed by atoms with E-state index in [0.29, 0.717) is 13.0 Å². The Morgan fingerprint density at radius 2 is 1.61 bits per heavy atom. The minimum Gasteiger partial charge on any atom is -0.350 e. The molecule has 1 heterocycles. The van der Waals surface area contributed by atoms with Gasteiger partial charge in [-0.1, -0.05) is 60.7 Å². The minimum atomic E-state index is -0.0175. The summed E-state index contributed by atoms with van der Waals surface area (Å²) in [5.74, 6) is -0.0175. The Labute approximate surface area is 135 Å². The molecule has 0 spiro atoms. The first-order valence-electron chi connectivity index (χ1n) is 7.48. The molecule has 0 saturated carbocycles. The standard InChI is InChI=1S/C19H17N3O/c23-19(11-15-7-3-1-4-8-15)20-13-17-12-18(22-14-21-17)16-9-5-2-6-10-16/h1-10,12,14H,11,13H2,(H,20,23). The molecular formula is C19H17N3O. The Morgan fingerprint density at radius 1 is 0.913 bits per heavy atom. The van der Waals surface area contributed by atoms with Crippen molar-refractivity contribution in [3.05, 3.63) is 84.3 Å². The maximum atomic E-state index is 12.0. The molecule has 0 fully saturated rings. The van der Waals surface area contributed by atoms with E-state index < -0.39 is 0 Å². The number of amides is 1. The van der Waals surface area contributed by atoms with Crippen molar-refractivity contribution in [2.75, 3.05) is 0 Å². The molecule has 0 radical (unpaired) electrons. The van der Waals surface area contributed by atoms with Gasteiger partial charge >= 0.3 is 0 Å². The highest BCUT2D eigenvalue weighted by Gasteiger charge is 2.05. The summed E-state index contributed by atoms with van der Waals surface area (Å²) in [4.78, 5) is 20.5. The Hall–Kier alpha value is -3.01. The second kappa shape index (κ2) is 7.31. The highest BCUT2D eigenvalue weighted by atomic mass is 16.1. The van der Waals surface area contributed by atoms with Gasteiger partial charge in [0.15, 0.2) is 0 Å². The van der Waals surface area contributed by atoms with Gasteiger partial charge in [0.25, 0.3) is 0 Å². The smallest absolute Gasteiger partial charge is 0.224 e. The predicted octanol–water partition coefficient (Wildman–Crippen LogP) is 3.00. The van der Waals surface area contributed by atoms with Gasteiger partial charge in [0, 0.05) is 5.56 Å². The summed E-state index contributed by atoms with van der Waals surface area (Å²) in [5.41, 5.74) is 3.68. The fourth-order valence-corrected chi connectivity index (χ4v) is 2.29. The third kappa shape index (κ3) is 4.23. The molecule has 3 rings (SSSR count). The number of nitrogens with one attached hydrogen (secondary N) is 1. The zero-order valence-corrected chi connectivity index (χ0v) is 12.6. The first-order valence-corrected chi connectivity index (χ1v) is 7.48. The summed E-state index contributed by atoms with van der Waals surface area (Å²) >= 11 is 0. The molecule has 0 aliphatic rings. The molecular weight excluding hydrogens is 286 g/mol. The molecule has 4 nitrogen and oxygen atoms in total. The van der Waals surface area contributed by atoms with Crippen LogP contribution in [-0.2, 0) is 17.8 Å². The van der Waals surface area contributed by atoms with Gasteiger partial charge in [-0.3, -0.25) is 4.79 Å². The van der Waals surface area contributed by atoms with Crippen LogP contribution in [0.4, 0.5) is 0 Å². The van der Waals surface area contributed by atoms with Crippen LogP contribution in [0.3, 0.4) is 0 Å². The van der Waals surface area contributed by atoms with Gasteiger partial charge < -0.3 is 5.32 Å². The molecule has 0 aliphatic heterocycles. The molecule has 2 aromatic carbocycles. The van der Waals surface area contributed by atoms with Crippen LogP contribution in [0.2, 0.25) is 0 Å². The molecule has 0 aliphatic carbocycles. The van der Waals surface area contributed by atoms with E-state index in [-0.39, 0.29) is 5.91 Å². The Morgan fingerprint density at radius 3 is 2.35 bits per heavy atom. The summed E-state index contributed by atoms with van der Waals surface area (Å²) in [7, 11) is 0. The van der Waals surface area contributed by atoms with E-state index in [9.17, 15) is 4.79 Å². The van der Waals surface area contributed by atoms with Crippen molar-refractivity contribution >= 4 is 5.91 Å². The number of carbonyl (C=O) groups is 1. The molecule has 1 amide bonds. The number of carbonyl (C=O) groups excluding carboxylic acids is 1. The maximum absolute atomic E-state index is 12.0. The van der Waals surface area contributed by atoms with Crippen LogP contribution >= 0.6 is 0 Å². The van der Waals surface area contributed by atoms with Crippen molar-refractivity contribution in [2.45, 2.75) is 13.0 Å². The second-order valence-electron chi connectivity index (χ2n) is 5.20. The zero-order valence-electron chi connectivity index (χ0n) is 12.6. The lowest BCUT2D eigenvalue weighted by molar-refractivity contribution is -0.120. The number of benzene rings is 2. The van der Waals surface area contributed by atoms with Crippen molar-refractivity contribution < 1.29 is 4.79 Å². The highest BCUT2D eigenvalue weighted by molar-refractivity contribution is 5.78. The second-order valence-corrected chi connectivity index (χ2v) is 5.20. The molecule has 3 aromatic rings. The average molecular weight is 303 g/mol. The first-order chi connectivity index (χ1) is 11.3. The highest BCUT2D eigenvalue weighted by Crippen LogP contribution is 2.15. The topological polar surface area (TPSA) is 54.9 Å². The van der Waals surface area contributed by atoms with E-state index in [1.54, 1.807) is 0 Å². The fourth-order valence-electron chi connectivity index (χ4n) is 2.29. The summed E-state index contributed by atoms with van der Waals surface area (Å²) in [5, 5.41) is 2.90. The van der Waals surface area contributed by atoms with Crippen LogP contribution in [0.1, 0.15) is 11.3 Å². The molecule has 23 heavy (non-hydrogen) atoms. The molecule has 1 aromatic heterocycles. The van der Waals surface area contributed by atoms with Gasteiger partial charge in [-0.15, -0.1) is 0 Å². The van der Waals surface area contributed by atoms with E-state index in [1.807, 2.05) is 66.7 Å². The molecule has 114 valence electrons. The summed E-state index contributed by atoms with van der Waals surface area (Å²) in [6.07, 6.45) is 1.90. The minimum absolute atomic E-state index is 0.0175. The van der Waals surface area contributed by atoms with Crippen molar-refractivity contribution in [1.29, 1.82) is 0 Å². The molecule has 4 heteroatoms. The monoisotopic (exact) mass is 303 g/mol. The number of aromatic nitrogens is 2. The average Bonchev–Trinajstić information content (AvgIpc) is 2.62. The van der Waals surface area contributed by atoms with E-state index in [2.05, 4.69) is 15.3 Å². The zero-order chi connectivity index (χ0) is 15.9. The molecule has 0 bridgehead atoms. The third-order valence-electron chi connectivity index (χ3n) is 3.47. The molecule has 1 N–H and O–H groups in total. The molecule has 0 saturated heterocycles. The van der Waals surface area contributed by atoms with Crippen molar-refractivity contribution in [3.8, 4) is 11.3 Å². The quantitative estimate of drug-likeness (QED) is 0.788. The first kappa shape index (κ1) is 14.9. The van der Waals surface area contributed by atoms with Crippen molar-refractivity contribution in [3.63, 3.8) is 0 Å². The van der Waals surface area contributed by atoms with Gasteiger partial charge in [0.2, 0.25) is 5.91 Å².